The maximum Gasteiger partial charge on any atom is 0.407 e. The molecule has 59 heavy (non-hydrogen) atoms. The largest absolute Gasteiger partial charge is 0.508 e. The van der Waals surface area contributed by atoms with E-state index in [2.05, 4.69) is 22.9 Å². The molecule has 2 aromatic carbocycles. The van der Waals surface area contributed by atoms with E-state index in [1.165, 1.54) is 25.7 Å². The Kier molecular flexibility index (Phi) is 17.4. The lowest BCUT2D eigenvalue weighted by molar-refractivity contribution is -0.181. The maximum absolute atomic E-state index is 14.1. The van der Waals surface area contributed by atoms with Gasteiger partial charge in [-0.05, 0) is 109 Å². The predicted octanol–water partition coefficient (Wildman–Crippen LogP) is 5.78. The molecule has 0 aromatic heterocycles. The Morgan fingerprint density at radius 1 is 0.915 bits per heavy atom. The second-order valence-corrected chi connectivity index (χ2v) is 17.1. The minimum atomic E-state index is -2.13. The van der Waals surface area contributed by atoms with Gasteiger partial charge in [0.05, 0.1) is 12.7 Å². The highest BCUT2D eigenvalue weighted by Gasteiger charge is 2.58. The van der Waals surface area contributed by atoms with Crippen molar-refractivity contribution in [2.24, 2.45) is 5.73 Å². The summed E-state index contributed by atoms with van der Waals surface area (Å²) in [5.74, 6) is -2.44. The quantitative estimate of drug-likeness (QED) is 0.0653. The van der Waals surface area contributed by atoms with Crippen LogP contribution in [0.1, 0.15) is 118 Å². The number of rotatable bonds is 21. The van der Waals surface area contributed by atoms with Crippen molar-refractivity contribution in [1.82, 2.24) is 10.6 Å². The van der Waals surface area contributed by atoms with Crippen LogP contribution >= 0.6 is 0 Å². The first-order chi connectivity index (χ1) is 27.9. The third kappa shape index (κ3) is 15.6. The lowest BCUT2D eigenvalue weighted by Crippen LogP contribution is -2.61. The van der Waals surface area contributed by atoms with Gasteiger partial charge in [-0.1, -0.05) is 51.2 Å². The van der Waals surface area contributed by atoms with Crippen molar-refractivity contribution in [2.45, 2.75) is 166 Å². The van der Waals surface area contributed by atoms with Crippen LogP contribution in [0.25, 0.3) is 0 Å². The van der Waals surface area contributed by atoms with Crippen LogP contribution in [0.5, 0.6) is 11.5 Å². The van der Waals surface area contributed by atoms with Crippen molar-refractivity contribution in [1.29, 1.82) is 0 Å². The lowest BCUT2D eigenvalue weighted by Gasteiger charge is -2.41. The number of nitrogens with two attached hydrogens (primary N) is 1. The van der Waals surface area contributed by atoms with Crippen LogP contribution in [-0.2, 0) is 39.8 Å². The number of nitrogens with one attached hydrogen (secondary N) is 3. The van der Waals surface area contributed by atoms with Crippen molar-refractivity contribution in [3.05, 3.63) is 54.1 Å². The van der Waals surface area contributed by atoms with E-state index >= 15 is 0 Å². The molecule has 1 saturated heterocycles. The van der Waals surface area contributed by atoms with E-state index in [4.69, 9.17) is 29.4 Å². The van der Waals surface area contributed by atoms with Crippen LogP contribution < -0.4 is 26.4 Å². The fourth-order valence-corrected chi connectivity index (χ4v) is 7.14. The number of unbranched alkanes of at least 4 members (excludes halogenated alkanes) is 5. The number of carbonyl (C=O) groups excluding carboxylic acids is 4. The van der Waals surface area contributed by atoms with Gasteiger partial charge in [-0.25, -0.2) is 4.79 Å². The SMILES string of the molecule is CCCCCCCCOc1ccc(NC(=O)C(CCCNC(=O)OC(C)(C)C)NC(=O)C2(O)CC(OC(=O)C(N)CCc3ccc(O)cc3)C3OC(C)(C)OC3C2)cc1. The van der Waals surface area contributed by atoms with Gasteiger partial charge < -0.3 is 55.6 Å². The number of fused-ring (bicyclic) bond motifs is 1. The normalized spacial score (nSPS) is 22.0. The van der Waals surface area contributed by atoms with Crippen molar-refractivity contribution >= 4 is 29.6 Å². The molecule has 2 fully saturated rings. The van der Waals surface area contributed by atoms with Crippen molar-refractivity contribution in [2.75, 3.05) is 18.5 Å². The second-order valence-electron chi connectivity index (χ2n) is 17.1. The molecule has 3 amide bonds. The van der Waals surface area contributed by atoms with Gasteiger partial charge in [-0.2, -0.15) is 0 Å². The van der Waals surface area contributed by atoms with Crippen LogP contribution in [0, 0.1) is 0 Å². The number of aromatic hydroxyl groups is 1. The average Bonchev–Trinajstić information content (AvgIpc) is 3.48. The Morgan fingerprint density at radius 2 is 1.59 bits per heavy atom. The average molecular weight is 827 g/mol. The summed E-state index contributed by atoms with van der Waals surface area (Å²) in [6.45, 7) is 11.6. The van der Waals surface area contributed by atoms with E-state index in [-0.39, 0.29) is 44.4 Å². The highest BCUT2D eigenvalue weighted by atomic mass is 16.8. The molecule has 1 saturated carbocycles. The Labute approximate surface area is 348 Å². The number of esters is 1. The summed E-state index contributed by atoms with van der Waals surface area (Å²) < 4.78 is 29.2. The Morgan fingerprint density at radius 3 is 2.27 bits per heavy atom. The zero-order valence-corrected chi connectivity index (χ0v) is 35.6. The summed E-state index contributed by atoms with van der Waals surface area (Å²) in [7, 11) is 0. The maximum atomic E-state index is 14.1. The number of phenolic OH excluding ortho intramolecular Hbond substituents is 1. The zero-order valence-electron chi connectivity index (χ0n) is 35.6. The van der Waals surface area contributed by atoms with E-state index in [0.29, 0.717) is 24.5 Å². The second kappa shape index (κ2) is 21.7. The molecule has 2 aliphatic rings. The number of anilines is 1. The van der Waals surface area contributed by atoms with Crippen LogP contribution in [-0.4, -0.2) is 94.6 Å². The van der Waals surface area contributed by atoms with Crippen LogP contribution in [0.15, 0.2) is 48.5 Å². The summed E-state index contributed by atoms with van der Waals surface area (Å²) in [5, 5.41) is 29.8. The van der Waals surface area contributed by atoms with E-state index in [0.717, 1.165) is 18.4 Å². The molecule has 0 bridgehead atoms. The van der Waals surface area contributed by atoms with E-state index in [1.54, 1.807) is 83.1 Å². The van der Waals surface area contributed by atoms with Gasteiger partial charge in [0.2, 0.25) is 5.91 Å². The molecule has 1 aliphatic heterocycles. The molecule has 7 N–H and O–H groups in total. The van der Waals surface area contributed by atoms with Gasteiger partial charge in [-0.15, -0.1) is 0 Å². The molecule has 15 heteroatoms. The molecule has 15 nitrogen and oxygen atoms in total. The number of hydrogen-bond acceptors (Lipinski definition) is 12. The summed E-state index contributed by atoms with van der Waals surface area (Å²) in [6.07, 6.45) is 4.09. The molecule has 6 unspecified atom stereocenters. The van der Waals surface area contributed by atoms with Gasteiger partial charge in [-0.3, -0.25) is 14.4 Å². The zero-order chi connectivity index (χ0) is 43.2. The minimum absolute atomic E-state index is 0.0932. The predicted molar refractivity (Wildman–Crippen MR) is 222 cm³/mol. The van der Waals surface area contributed by atoms with Gasteiger partial charge in [0, 0.05) is 25.1 Å². The van der Waals surface area contributed by atoms with Crippen LogP contribution in [0.3, 0.4) is 0 Å². The third-order valence-electron chi connectivity index (χ3n) is 10.2. The lowest BCUT2D eigenvalue weighted by atomic mass is 9.78. The van der Waals surface area contributed by atoms with Crippen LogP contribution in [0.4, 0.5) is 10.5 Å². The standard InChI is InChI=1S/C44H66N4O11/c1-7-8-9-10-11-12-26-55-32-22-18-30(19-23-32)47-38(50)34(14-13-25-46-41(53)59-42(2,3)4)48-40(52)44(54)27-35(37-36(28-44)57-43(5,6)58-37)56-39(51)33(45)24-17-29-15-20-31(49)21-16-29/h15-16,18-23,33-37,49,54H,7-14,17,24-28,45H2,1-6H3,(H,46,53)(H,47,50)(H,48,52). The molecular weight excluding hydrogens is 761 g/mol. The number of phenols is 1. The summed E-state index contributed by atoms with van der Waals surface area (Å²) in [4.78, 5) is 53.5. The smallest absolute Gasteiger partial charge is 0.407 e. The molecule has 2 aromatic rings. The van der Waals surface area contributed by atoms with E-state index in [1.807, 2.05) is 0 Å². The summed E-state index contributed by atoms with van der Waals surface area (Å²) >= 11 is 0. The third-order valence-corrected chi connectivity index (χ3v) is 10.2. The van der Waals surface area contributed by atoms with Gasteiger partial charge >= 0.3 is 12.1 Å². The number of carbonyl (C=O) groups is 4. The fourth-order valence-electron chi connectivity index (χ4n) is 7.14. The molecule has 1 heterocycles. The van der Waals surface area contributed by atoms with Gasteiger partial charge in [0.15, 0.2) is 5.79 Å². The van der Waals surface area contributed by atoms with Crippen molar-refractivity contribution < 1.29 is 53.1 Å². The number of ether oxygens (including phenoxy) is 5. The number of benzene rings is 2. The number of aliphatic hydroxyl groups is 1. The topological polar surface area (TPSA) is 217 Å². The highest BCUT2D eigenvalue weighted by molar-refractivity contribution is 5.98. The minimum Gasteiger partial charge on any atom is -0.508 e. The Bertz CT molecular complexity index is 1660. The first-order valence-corrected chi connectivity index (χ1v) is 21.0. The molecule has 0 spiro atoms. The summed E-state index contributed by atoms with van der Waals surface area (Å²) in [6, 6.07) is 11.3. The molecule has 6 atom stereocenters. The van der Waals surface area contributed by atoms with Gasteiger partial charge in [0.25, 0.3) is 5.91 Å². The number of hydrogen-bond donors (Lipinski definition) is 6. The number of amides is 3. The van der Waals surface area contributed by atoms with E-state index < -0.39 is 71.3 Å². The van der Waals surface area contributed by atoms with Gasteiger partial charge in [0.1, 0.15) is 47.0 Å². The molecule has 328 valence electrons. The molecule has 0 radical (unpaired) electrons. The molecular formula is C44H66N4O11. The van der Waals surface area contributed by atoms with Crippen molar-refractivity contribution in [3.8, 4) is 11.5 Å². The first-order valence-electron chi connectivity index (χ1n) is 21.0. The molecule has 1 aliphatic carbocycles. The molecule has 4 rings (SSSR count). The highest BCUT2D eigenvalue weighted by Crippen LogP contribution is 2.42. The summed E-state index contributed by atoms with van der Waals surface area (Å²) in [5.41, 5.74) is 4.74. The van der Waals surface area contributed by atoms with Crippen LogP contribution in [0.2, 0.25) is 0 Å². The monoisotopic (exact) mass is 826 g/mol. The Balaban J connectivity index is 1.42. The first kappa shape index (κ1) is 47.2. The number of alkyl carbamates (subject to hydrolysis) is 1. The van der Waals surface area contributed by atoms with E-state index in [9.17, 15) is 29.4 Å². The van der Waals surface area contributed by atoms with Crippen molar-refractivity contribution in [3.63, 3.8) is 0 Å². The Hall–Kier alpha value is -4.44. The fraction of sp³-hybridized carbons (Fsp3) is 0.636. The number of aryl methyl sites for hydroxylation is 1.